The van der Waals surface area contributed by atoms with E-state index in [0.717, 1.165) is 0 Å². The molecule has 1 amide bonds. The van der Waals surface area contributed by atoms with E-state index in [9.17, 15) is 9.59 Å². The van der Waals surface area contributed by atoms with E-state index in [1.807, 2.05) is 0 Å². The predicted molar refractivity (Wildman–Crippen MR) is 68.7 cm³/mol. The fraction of sp³-hybridized carbons (Fsp3) is 0.0833. The minimum atomic E-state index is -0.901. The number of nitrogens with two attached hydrogens (primary N) is 1. The van der Waals surface area contributed by atoms with Crippen molar-refractivity contribution < 1.29 is 14.7 Å². The number of nitrogen functional groups attached to an aromatic ring is 1. The van der Waals surface area contributed by atoms with Crippen molar-refractivity contribution in [1.29, 1.82) is 0 Å². The number of benzene rings is 1. The summed E-state index contributed by atoms with van der Waals surface area (Å²) in [6.45, 7) is 0. The number of aromatic nitrogens is 2. The molecular formula is C12H12N4O3. The van der Waals surface area contributed by atoms with E-state index in [2.05, 4.69) is 15.5 Å². The third-order valence-corrected chi connectivity index (χ3v) is 2.46. The molecule has 0 spiro atoms. The summed E-state index contributed by atoms with van der Waals surface area (Å²) in [7, 11) is 0. The Morgan fingerprint density at radius 3 is 2.53 bits per heavy atom. The first-order chi connectivity index (χ1) is 9.06. The maximum atomic E-state index is 11.8. The highest BCUT2D eigenvalue weighted by molar-refractivity contribution is 6.06. The Morgan fingerprint density at radius 1 is 1.32 bits per heavy atom. The summed E-state index contributed by atoms with van der Waals surface area (Å²) in [4.78, 5) is 22.3. The highest BCUT2D eigenvalue weighted by Crippen LogP contribution is 2.13. The monoisotopic (exact) mass is 260 g/mol. The minimum Gasteiger partial charge on any atom is -0.481 e. The Kier molecular flexibility index (Phi) is 3.46. The molecule has 0 saturated heterocycles. The number of nitrogens with zero attached hydrogens (tertiary/aromatic N) is 1. The molecule has 1 aromatic heterocycles. The maximum Gasteiger partial charge on any atom is 0.307 e. The molecule has 0 aliphatic rings. The molecule has 0 fully saturated rings. The first kappa shape index (κ1) is 12.6. The summed E-state index contributed by atoms with van der Waals surface area (Å²) in [5, 5.41) is 17.4. The number of rotatable bonds is 4. The van der Waals surface area contributed by atoms with Crippen LogP contribution in [0, 0.1) is 0 Å². The topological polar surface area (TPSA) is 121 Å². The molecule has 2 aromatic rings. The SMILES string of the molecule is Nc1cn[nH]c1C(=O)Nc1ccc(CC(=O)O)cc1. The molecule has 7 heteroatoms. The number of carbonyl (C=O) groups is 2. The van der Waals surface area contributed by atoms with Gasteiger partial charge in [-0.2, -0.15) is 5.10 Å². The van der Waals surface area contributed by atoms with E-state index in [4.69, 9.17) is 10.8 Å². The largest absolute Gasteiger partial charge is 0.481 e. The average molecular weight is 260 g/mol. The van der Waals surface area contributed by atoms with Crippen molar-refractivity contribution in [2.24, 2.45) is 0 Å². The second-order valence-electron chi connectivity index (χ2n) is 3.92. The third-order valence-electron chi connectivity index (χ3n) is 2.46. The van der Waals surface area contributed by atoms with Gasteiger partial charge in [0.05, 0.1) is 18.3 Å². The van der Waals surface area contributed by atoms with Gasteiger partial charge in [-0.05, 0) is 17.7 Å². The number of nitrogens with one attached hydrogen (secondary N) is 2. The van der Waals surface area contributed by atoms with Gasteiger partial charge in [0.2, 0.25) is 0 Å². The van der Waals surface area contributed by atoms with Crippen LogP contribution < -0.4 is 11.1 Å². The number of carboxylic acid groups (broad SMARTS) is 1. The molecule has 0 aliphatic heterocycles. The van der Waals surface area contributed by atoms with Crippen molar-refractivity contribution in [2.75, 3.05) is 11.1 Å². The molecule has 1 heterocycles. The summed E-state index contributed by atoms with van der Waals surface area (Å²) >= 11 is 0. The van der Waals surface area contributed by atoms with E-state index in [0.29, 0.717) is 11.3 Å². The molecule has 0 radical (unpaired) electrons. The summed E-state index contributed by atoms with van der Waals surface area (Å²) in [6.07, 6.45) is 1.30. The Morgan fingerprint density at radius 2 is 2.00 bits per heavy atom. The van der Waals surface area contributed by atoms with E-state index < -0.39 is 11.9 Å². The van der Waals surface area contributed by atoms with Crippen LogP contribution in [0.4, 0.5) is 11.4 Å². The number of carbonyl (C=O) groups excluding carboxylic acids is 1. The first-order valence-corrected chi connectivity index (χ1v) is 5.47. The second-order valence-corrected chi connectivity index (χ2v) is 3.92. The standard InChI is InChI=1S/C12H12N4O3/c13-9-6-14-16-11(9)12(19)15-8-3-1-7(2-4-8)5-10(17)18/h1-4,6H,5,13H2,(H,14,16)(H,15,19)(H,17,18). The molecule has 7 nitrogen and oxygen atoms in total. The molecule has 0 bridgehead atoms. The van der Waals surface area contributed by atoms with Gasteiger partial charge in [-0.1, -0.05) is 12.1 Å². The molecule has 0 unspecified atom stereocenters. The fourth-order valence-corrected chi connectivity index (χ4v) is 1.55. The number of carboxylic acids is 1. The third kappa shape index (κ3) is 3.09. The molecule has 2 rings (SSSR count). The molecule has 98 valence electrons. The van der Waals surface area contributed by atoms with Crippen LogP contribution in [0.15, 0.2) is 30.5 Å². The van der Waals surface area contributed by atoms with E-state index in [1.54, 1.807) is 24.3 Å². The lowest BCUT2D eigenvalue weighted by Gasteiger charge is -2.05. The Bertz CT molecular complexity index is 604. The van der Waals surface area contributed by atoms with Crippen LogP contribution in [-0.4, -0.2) is 27.2 Å². The molecule has 0 aliphatic carbocycles. The van der Waals surface area contributed by atoms with Crippen LogP contribution >= 0.6 is 0 Å². The smallest absolute Gasteiger partial charge is 0.307 e. The van der Waals surface area contributed by atoms with Crippen LogP contribution in [0.5, 0.6) is 0 Å². The van der Waals surface area contributed by atoms with Crippen LogP contribution in [0.25, 0.3) is 0 Å². The zero-order chi connectivity index (χ0) is 13.8. The molecule has 1 aromatic carbocycles. The fourth-order valence-electron chi connectivity index (χ4n) is 1.55. The van der Waals surface area contributed by atoms with Crippen molar-refractivity contribution in [3.05, 3.63) is 41.7 Å². The van der Waals surface area contributed by atoms with Crippen LogP contribution in [0.2, 0.25) is 0 Å². The average Bonchev–Trinajstić information content (AvgIpc) is 2.77. The van der Waals surface area contributed by atoms with Gasteiger partial charge in [-0.25, -0.2) is 0 Å². The summed E-state index contributed by atoms with van der Waals surface area (Å²) in [5.41, 5.74) is 7.22. The summed E-state index contributed by atoms with van der Waals surface area (Å²) < 4.78 is 0. The number of aromatic amines is 1. The van der Waals surface area contributed by atoms with Gasteiger partial charge in [0.1, 0.15) is 5.69 Å². The molecule has 5 N–H and O–H groups in total. The minimum absolute atomic E-state index is 0.0538. The van der Waals surface area contributed by atoms with Gasteiger partial charge in [0.25, 0.3) is 5.91 Å². The van der Waals surface area contributed by atoms with E-state index in [-0.39, 0.29) is 17.8 Å². The van der Waals surface area contributed by atoms with Gasteiger partial charge in [0, 0.05) is 5.69 Å². The van der Waals surface area contributed by atoms with Crippen LogP contribution in [0.3, 0.4) is 0 Å². The predicted octanol–water partition coefficient (Wildman–Crippen LogP) is 0.871. The lowest BCUT2D eigenvalue weighted by Crippen LogP contribution is -2.14. The number of hydrogen-bond donors (Lipinski definition) is 4. The normalized spacial score (nSPS) is 10.1. The summed E-state index contributed by atoms with van der Waals surface area (Å²) in [5.74, 6) is -1.30. The number of anilines is 2. The molecule has 19 heavy (non-hydrogen) atoms. The van der Waals surface area contributed by atoms with Gasteiger partial charge in [0.15, 0.2) is 0 Å². The lowest BCUT2D eigenvalue weighted by atomic mass is 10.1. The molecular weight excluding hydrogens is 248 g/mol. The zero-order valence-corrected chi connectivity index (χ0v) is 9.88. The highest BCUT2D eigenvalue weighted by Gasteiger charge is 2.11. The Balaban J connectivity index is 2.06. The van der Waals surface area contributed by atoms with Gasteiger partial charge in [-0.15, -0.1) is 0 Å². The van der Waals surface area contributed by atoms with Crippen molar-refractivity contribution >= 4 is 23.3 Å². The number of aliphatic carboxylic acids is 1. The summed E-state index contributed by atoms with van der Waals surface area (Å²) in [6, 6.07) is 6.53. The Labute approximate surface area is 108 Å². The number of amides is 1. The quantitative estimate of drug-likeness (QED) is 0.650. The Hall–Kier alpha value is -2.83. The van der Waals surface area contributed by atoms with E-state index >= 15 is 0 Å². The maximum absolute atomic E-state index is 11.8. The van der Waals surface area contributed by atoms with Crippen molar-refractivity contribution in [1.82, 2.24) is 10.2 Å². The van der Waals surface area contributed by atoms with Gasteiger partial charge < -0.3 is 16.2 Å². The van der Waals surface area contributed by atoms with Gasteiger partial charge >= 0.3 is 5.97 Å². The number of hydrogen-bond acceptors (Lipinski definition) is 4. The van der Waals surface area contributed by atoms with Crippen molar-refractivity contribution in [3.8, 4) is 0 Å². The molecule has 0 atom stereocenters. The van der Waals surface area contributed by atoms with Crippen LogP contribution in [-0.2, 0) is 11.2 Å². The van der Waals surface area contributed by atoms with Crippen molar-refractivity contribution in [3.63, 3.8) is 0 Å². The molecule has 0 saturated carbocycles. The highest BCUT2D eigenvalue weighted by atomic mass is 16.4. The number of H-pyrrole nitrogens is 1. The van der Waals surface area contributed by atoms with E-state index in [1.165, 1.54) is 6.20 Å². The van der Waals surface area contributed by atoms with Crippen molar-refractivity contribution in [2.45, 2.75) is 6.42 Å². The van der Waals surface area contributed by atoms with Gasteiger partial charge in [-0.3, -0.25) is 14.7 Å². The van der Waals surface area contributed by atoms with Crippen LogP contribution in [0.1, 0.15) is 16.1 Å². The first-order valence-electron chi connectivity index (χ1n) is 5.47. The zero-order valence-electron chi connectivity index (χ0n) is 9.88. The lowest BCUT2D eigenvalue weighted by molar-refractivity contribution is -0.136. The second kappa shape index (κ2) is 5.21.